The summed E-state index contributed by atoms with van der Waals surface area (Å²) < 4.78 is 26.3. The van der Waals surface area contributed by atoms with E-state index in [-0.39, 0.29) is 17.4 Å². The lowest BCUT2D eigenvalue weighted by atomic mass is 9.92. The fourth-order valence-electron chi connectivity index (χ4n) is 2.50. The van der Waals surface area contributed by atoms with Gasteiger partial charge in [-0.2, -0.15) is 4.31 Å². The van der Waals surface area contributed by atoms with E-state index < -0.39 is 21.9 Å². The van der Waals surface area contributed by atoms with E-state index in [1.807, 2.05) is 6.92 Å². The van der Waals surface area contributed by atoms with Crippen LogP contribution < -0.4 is 5.73 Å². The minimum atomic E-state index is -3.69. The average Bonchev–Trinajstić information content (AvgIpc) is 2.38. The second-order valence-corrected chi connectivity index (χ2v) is 7.21. The third kappa shape index (κ3) is 2.94. The molecule has 1 saturated heterocycles. The quantitative estimate of drug-likeness (QED) is 0.811. The molecule has 0 spiro atoms. The lowest BCUT2D eigenvalue weighted by molar-refractivity contribution is -0.143. The van der Waals surface area contributed by atoms with Crippen molar-refractivity contribution in [1.29, 1.82) is 0 Å². The molecule has 2 atom stereocenters. The van der Waals surface area contributed by atoms with Crippen LogP contribution >= 0.6 is 0 Å². The molecule has 1 aromatic carbocycles. The van der Waals surface area contributed by atoms with Gasteiger partial charge in [-0.05, 0) is 30.5 Å². The molecule has 0 aliphatic carbocycles. The Bertz CT molecular complexity index is 615. The van der Waals surface area contributed by atoms with Crippen LogP contribution in [0.1, 0.15) is 13.3 Å². The van der Waals surface area contributed by atoms with Crippen molar-refractivity contribution >= 4 is 21.7 Å². The standard InChI is InChI=1S/C13H18N2O4S/c1-9-5-10(13(16)17)8-15(7-9)20(18,19)12-4-2-3-11(14)6-12/h2-4,6,9-10H,5,7-8,14H2,1H3,(H,16,17). The Balaban J connectivity index is 2.31. The molecule has 2 rings (SSSR count). The number of nitrogen functional groups attached to an aromatic ring is 1. The summed E-state index contributed by atoms with van der Waals surface area (Å²) in [6.45, 7) is 2.20. The van der Waals surface area contributed by atoms with E-state index in [2.05, 4.69) is 0 Å². The highest BCUT2D eigenvalue weighted by Crippen LogP contribution is 2.27. The number of carboxylic acids is 1. The predicted octanol–water partition coefficient (Wildman–Crippen LogP) is 1.00. The van der Waals surface area contributed by atoms with Crippen molar-refractivity contribution in [2.24, 2.45) is 11.8 Å². The lowest BCUT2D eigenvalue weighted by Gasteiger charge is -2.33. The average molecular weight is 298 g/mol. The molecule has 0 aromatic heterocycles. The molecule has 3 N–H and O–H groups in total. The summed E-state index contributed by atoms with van der Waals surface area (Å²) in [5, 5.41) is 9.11. The number of carbonyl (C=O) groups is 1. The maximum Gasteiger partial charge on any atom is 0.307 e. The number of hydrogen-bond acceptors (Lipinski definition) is 4. The van der Waals surface area contributed by atoms with Crippen molar-refractivity contribution in [3.8, 4) is 0 Å². The van der Waals surface area contributed by atoms with Crippen molar-refractivity contribution in [3.63, 3.8) is 0 Å². The van der Waals surface area contributed by atoms with E-state index in [4.69, 9.17) is 10.8 Å². The molecule has 1 aliphatic heterocycles. The molecule has 0 bridgehead atoms. The second-order valence-electron chi connectivity index (χ2n) is 5.27. The highest BCUT2D eigenvalue weighted by Gasteiger charge is 2.36. The van der Waals surface area contributed by atoms with Gasteiger partial charge in [-0.3, -0.25) is 4.79 Å². The van der Waals surface area contributed by atoms with Crippen molar-refractivity contribution in [2.45, 2.75) is 18.2 Å². The molecular formula is C13H18N2O4S. The predicted molar refractivity (Wildman–Crippen MR) is 74.5 cm³/mol. The summed E-state index contributed by atoms with van der Waals surface area (Å²) in [5.74, 6) is -1.60. The van der Waals surface area contributed by atoms with Gasteiger partial charge in [0, 0.05) is 18.8 Å². The van der Waals surface area contributed by atoms with Crippen molar-refractivity contribution < 1.29 is 18.3 Å². The van der Waals surface area contributed by atoms with Crippen LogP contribution in [0.2, 0.25) is 0 Å². The molecule has 0 radical (unpaired) electrons. The van der Waals surface area contributed by atoms with Gasteiger partial charge in [-0.15, -0.1) is 0 Å². The number of carboxylic acid groups (broad SMARTS) is 1. The summed E-state index contributed by atoms with van der Waals surface area (Å²) >= 11 is 0. The Morgan fingerprint density at radius 2 is 2.10 bits per heavy atom. The van der Waals surface area contributed by atoms with Crippen LogP contribution in [-0.2, 0) is 14.8 Å². The summed E-state index contributed by atoms with van der Waals surface area (Å²) in [4.78, 5) is 11.2. The van der Waals surface area contributed by atoms with Gasteiger partial charge < -0.3 is 10.8 Å². The number of anilines is 1. The van der Waals surface area contributed by atoms with Crippen LogP contribution in [0, 0.1) is 11.8 Å². The smallest absolute Gasteiger partial charge is 0.307 e. The highest BCUT2D eigenvalue weighted by atomic mass is 32.2. The summed E-state index contributed by atoms with van der Waals surface area (Å²) in [5.41, 5.74) is 5.98. The van der Waals surface area contributed by atoms with E-state index >= 15 is 0 Å². The monoisotopic (exact) mass is 298 g/mol. The maximum absolute atomic E-state index is 12.5. The van der Waals surface area contributed by atoms with Gasteiger partial charge in [0.1, 0.15) is 0 Å². The largest absolute Gasteiger partial charge is 0.481 e. The van der Waals surface area contributed by atoms with Gasteiger partial charge in [0.25, 0.3) is 0 Å². The first kappa shape index (κ1) is 14.8. The summed E-state index contributed by atoms with van der Waals surface area (Å²) in [6, 6.07) is 6.05. The zero-order valence-corrected chi connectivity index (χ0v) is 12.0. The van der Waals surface area contributed by atoms with Gasteiger partial charge in [-0.25, -0.2) is 8.42 Å². The number of aliphatic carboxylic acids is 1. The minimum Gasteiger partial charge on any atom is -0.481 e. The minimum absolute atomic E-state index is 0.0107. The SMILES string of the molecule is CC1CC(C(=O)O)CN(S(=O)(=O)c2cccc(N)c2)C1. The highest BCUT2D eigenvalue weighted by molar-refractivity contribution is 7.89. The third-order valence-corrected chi connectivity index (χ3v) is 5.30. The van der Waals surface area contributed by atoms with Gasteiger partial charge in [0.05, 0.1) is 10.8 Å². The van der Waals surface area contributed by atoms with Gasteiger partial charge in [-0.1, -0.05) is 13.0 Å². The topological polar surface area (TPSA) is 101 Å². The third-order valence-electron chi connectivity index (χ3n) is 3.47. The fourth-order valence-corrected chi connectivity index (χ4v) is 4.16. The molecule has 0 saturated carbocycles. The Hall–Kier alpha value is -1.60. The number of piperidine rings is 1. The van der Waals surface area contributed by atoms with E-state index in [0.717, 1.165) is 0 Å². The van der Waals surface area contributed by atoms with E-state index in [9.17, 15) is 13.2 Å². The Morgan fingerprint density at radius 1 is 1.40 bits per heavy atom. The van der Waals surface area contributed by atoms with Gasteiger partial charge in [0.15, 0.2) is 0 Å². The number of rotatable bonds is 3. The first-order valence-electron chi connectivity index (χ1n) is 6.39. The van der Waals surface area contributed by atoms with Crippen molar-refractivity contribution in [3.05, 3.63) is 24.3 Å². The molecule has 1 fully saturated rings. The number of nitrogens with two attached hydrogens (primary N) is 1. The molecular weight excluding hydrogens is 280 g/mol. The van der Waals surface area contributed by atoms with Crippen LogP contribution in [0.5, 0.6) is 0 Å². The Labute approximate surface area is 118 Å². The number of hydrogen-bond donors (Lipinski definition) is 2. The van der Waals surface area contributed by atoms with E-state index in [1.165, 1.54) is 16.4 Å². The van der Waals surface area contributed by atoms with E-state index in [1.54, 1.807) is 12.1 Å². The van der Waals surface area contributed by atoms with Gasteiger partial charge >= 0.3 is 5.97 Å². The molecule has 1 heterocycles. The molecule has 1 aliphatic rings. The first-order valence-corrected chi connectivity index (χ1v) is 7.83. The Morgan fingerprint density at radius 3 is 2.70 bits per heavy atom. The second kappa shape index (κ2) is 5.41. The zero-order chi connectivity index (χ0) is 14.9. The number of benzene rings is 1. The number of nitrogens with zero attached hydrogens (tertiary/aromatic N) is 1. The molecule has 20 heavy (non-hydrogen) atoms. The van der Waals surface area contributed by atoms with Crippen molar-refractivity contribution in [1.82, 2.24) is 4.31 Å². The van der Waals surface area contributed by atoms with Crippen LogP contribution in [0.3, 0.4) is 0 Å². The van der Waals surface area contributed by atoms with Crippen LogP contribution in [0.4, 0.5) is 5.69 Å². The fraction of sp³-hybridized carbons (Fsp3) is 0.462. The molecule has 6 nitrogen and oxygen atoms in total. The van der Waals surface area contributed by atoms with E-state index in [0.29, 0.717) is 18.7 Å². The Kier molecular flexibility index (Phi) is 4.01. The molecule has 0 amide bonds. The first-order chi connectivity index (χ1) is 9.30. The molecule has 2 unspecified atom stereocenters. The molecule has 1 aromatic rings. The zero-order valence-electron chi connectivity index (χ0n) is 11.2. The van der Waals surface area contributed by atoms with Crippen LogP contribution in [0.25, 0.3) is 0 Å². The number of sulfonamides is 1. The lowest BCUT2D eigenvalue weighted by Crippen LogP contribution is -2.45. The molecule has 7 heteroatoms. The van der Waals surface area contributed by atoms with Crippen molar-refractivity contribution in [2.75, 3.05) is 18.8 Å². The van der Waals surface area contributed by atoms with Crippen LogP contribution in [0.15, 0.2) is 29.2 Å². The maximum atomic E-state index is 12.5. The van der Waals surface area contributed by atoms with Crippen LogP contribution in [-0.4, -0.2) is 36.9 Å². The van der Waals surface area contributed by atoms with Gasteiger partial charge in [0.2, 0.25) is 10.0 Å². The summed E-state index contributed by atoms with van der Waals surface area (Å²) in [6.07, 6.45) is 0.498. The molecule has 110 valence electrons. The normalized spacial score (nSPS) is 24.4. The summed E-state index contributed by atoms with van der Waals surface area (Å²) in [7, 11) is -3.69.